The van der Waals surface area contributed by atoms with Gasteiger partial charge in [-0.3, -0.25) is 0 Å². The molecule has 2 aliphatic carbocycles. The number of benzene rings is 1. The molecule has 1 aromatic rings. The second-order valence-corrected chi connectivity index (χ2v) is 13.0. The normalized spacial score (nSPS) is 30.9. The Morgan fingerprint density at radius 1 is 0.880 bits per heavy atom. The van der Waals surface area contributed by atoms with Gasteiger partial charge in [-0.2, -0.15) is 0 Å². The lowest BCUT2D eigenvalue weighted by atomic mass is 9.68. The second kappa shape index (κ2) is 10.1. The zero-order valence-electron chi connectivity index (χ0n) is 15.5. The topological polar surface area (TPSA) is 0 Å². The van der Waals surface area contributed by atoms with E-state index >= 15 is 0 Å². The summed E-state index contributed by atoms with van der Waals surface area (Å²) in [6.07, 6.45) is 17.6. The number of allylic oxidation sites excluding steroid dienone is 2. The molecule has 0 aromatic heterocycles. The van der Waals surface area contributed by atoms with Crippen molar-refractivity contribution in [3.8, 4) is 0 Å². The van der Waals surface area contributed by atoms with Gasteiger partial charge in [0.25, 0.3) is 0 Å². The van der Waals surface area contributed by atoms with Crippen molar-refractivity contribution < 1.29 is 0 Å². The van der Waals surface area contributed by atoms with E-state index in [0.29, 0.717) is 1.93 Å². The minimum Gasteiger partial charge on any atom is -0.0917 e. The predicted octanol–water partition coefficient (Wildman–Crippen LogP) is 8.60. The van der Waals surface area contributed by atoms with Crippen LogP contribution in [0.25, 0.3) is 0 Å². The summed E-state index contributed by atoms with van der Waals surface area (Å²) < 4.78 is 0.586. The summed E-state index contributed by atoms with van der Waals surface area (Å²) in [6.45, 7) is 2.15. The van der Waals surface area contributed by atoms with Crippen molar-refractivity contribution in [2.24, 2.45) is 17.8 Å². The van der Waals surface area contributed by atoms with Gasteiger partial charge in [-0.1, -0.05) is 81.6 Å². The van der Waals surface area contributed by atoms with Crippen LogP contribution in [0.15, 0.2) is 36.4 Å². The highest BCUT2D eigenvalue weighted by atomic mass is 127. The summed E-state index contributed by atoms with van der Waals surface area (Å²) in [6, 6.07) is 9.49. The highest BCUT2D eigenvalue weighted by molar-refractivity contribution is 14.2. The fourth-order valence-corrected chi connectivity index (χ4v) is 5.89. The zero-order valence-corrected chi connectivity index (χ0v) is 19.8. The van der Waals surface area contributed by atoms with Crippen LogP contribution in [0, 0.1) is 17.8 Å². The predicted molar refractivity (Wildman–Crippen MR) is 127 cm³/mol. The minimum absolute atomic E-state index is 0.586. The molecule has 0 amide bonds. The summed E-state index contributed by atoms with van der Waals surface area (Å²) in [5, 5.41) is 0. The van der Waals surface area contributed by atoms with Crippen molar-refractivity contribution >= 4 is 45.2 Å². The standard InChI is InChI=1S/C23H32I2/c1-2-3-4-17-5-7-18(8-6-17)19-9-11-20(12-10-19)21-13-15-22(16-14-21)23(24)25/h2-3,13-20,23H,4-12H2,1H3. The Labute approximate surface area is 181 Å². The van der Waals surface area contributed by atoms with Crippen molar-refractivity contribution in [1.82, 2.24) is 0 Å². The Morgan fingerprint density at radius 2 is 1.44 bits per heavy atom. The van der Waals surface area contributed by atoms with Crippen LogP contribution in [-0.4, -0.2) is 0 Å². The van der Waals surface area contributed by atoms with Crippen molar-refractivity contribution in [3.05, 3.63) is 47.5 Å². The third-order valence-electron chi connectivity index (χ3n) is 6.69. The molecule has 0 unspecified atom stereocenters. The molecule has 0 nitrogen and oxygen atoms in total. The van der Waals surface area contributed by atoms with Gasteiger partial charge in [-0.05, 0) is 99.5 Å². The fourth-order valence-electron chi connectivity index (χ4n) is 5.06. The van der Waals surface area contributed by atoms with Crippen LogP contribution in [0.2, 0.25) is 0 Å². The molecule has 2 heteroatoms. The maximum atomic E-state index is 2.49. The molecule has 2 fully saturated rings. The molecule has 0 spiro atoms. The Kier molecular flexibility index (Phi) is 8.14. The minimum atomic E-state index is 0.586. The largest absolute Gasteiger partial charge is 0.0917 e. The van der Waals surface area contributed by atoms with E-state index in [4.69, 9.17) is 0 Å². The van der Waals surface area contributed by atoms with Gasteiger partial charge in [0.15, 0.2) is 0 Å². The maximum absolute atomic E-state index is 2.49. The van der Waals surface area contributed by atoms with Gasteiger partial charge in [0.05, 0.1) is 1.93 Å². The molecule has 2 saturated carbocycles. The molecular weight excluding hydrogens is 530 g/mol. The van der Waals surface area contributed by atoms with E-state index in [-0.39, 0.29) is 0 Å². The van der Waals surface area contributed by atoms with Crippen molar-refractivity contribution in [3.63, 3.8) is 0 Å². The van der Waals surface area contributed by atoms with E-state index in [9.17, 15) is 0 Å². The van der Waals surface area contributed by atoms with Crippen molar-refractivity contribution in [2.45, 2.75) is 72.6 Å². The second-order valence-electron chi connectivity index (χ2n) is 8.16. The maximum Gasteiger partial charge on any atom is 0.0874 e. The molecule has 0 heterocycles. The van der Waals surface area contributed by atoms with Gasteiger partial charge in [0.1, 0.15) is 0 Å². The van der Waals surface area contributed by atoms with Gasteiger partial charge in [0.2, 0.25) is 0 Å². The summed E-state index contributed by atoms with van der Waals surface area (Å²) in [4.78, 5) is 0. The van der Waals surface area contributed by atoms with E-state index < -0.39 is 0 Å². The molecule has 1 aromatic carbocycles. The van der Waals surface area contributed by atoms with Gasteiger partial charge in [0, 0.05) is 0 Å². The third-order valence-corrected chi connectivity index (χ3v) is 8.13. The van der Waals surface area contributed by atoms with Crippen molar-refractivity contribution in [1.29, 1.82) is 0 Å². The fraction of sp³-hybridized carbons (Fsp3) is 0.652. The van der Waals surface area contributed by atoms with Crippen LogP contribution < -0.4 is 0 Å². The number of rotatable bonds is 5. The Balaban J connectivity index is 1.46. The quantitative estimate of drug-likeness (QED) is 0.192. The van der Waals surface area contributed by atoms with E-state index in [2.05, 4.69) is 88.5 Å². The van der Waals surface area contributed by atoms with Gasteiger partial charge in [-0.25, -0.2) is 0 Å². The summed E-state index contributed by atoms with van der Waals surface area (Å²) >= 11 is 4.99. The highest BCUT2D eigenvalue weighted by Gasteiger charge is 2.31. The molecular formula is C23H32I2. The van der Waals surface area contributed by atoms with E-state index in [1.807, 2.05) is 0 Å². The molecule has 0 bridgehead atoms. The first kappa shape index (κ1) is 20.2. The highest BCUT2D eigenvalue weighted by Crippen LogP contribution is 2.44. The van der Waals surface area contributed by atoms with E-state index in [0.717, 1.165) is 23.7 Å². The average Bonchev–Trinajstić information content (AvgIpc) is 2.67. The van der Waals surface area contributed by atoms with Gasteiger partial charge in [-0.15, -0.1) is 0 Å². The zero-order chi connectivity index (χ0) is 17.6. The van der Waals surface area contributed by atoms with Crippen LogP contribution in [0.3, 0.4) is 0 Å². The van der Waals surface area contributed by atoms with Crippen LogP contribution in [0.4, 0.5) is 0 Å². The Hall–Kier alpha value is 0.420. The summed E-state index contributed by atoms with van der Waals surface area (Å²) in [7, 11) is 0. The molecule has 0 atom stereocenters. The molecule has 138 valence electrons. The van der Waals surface area contributed by atoms with Crippen LogP contribution in [0.5, 0.6) is 0 Å². The first-order valence-electron chi connectivity index (χ1n) is 10.2. The lowest BCUT2D eigenvalue weighted by Gasteiger charge is -2.38. The molecule has 0 aliphatic heterocycles. The Bertz CT molecular complexity index is 530. The molecule has 3 rings (SSSR count). The first-order valence-corrected chi connectivity index (χ1v) is 12.7. The molecule has 0 radical (unpaired) electrons. The number of hydrogen-bond acceptors (Lipinski definition) is 0. The lowest BCUT2D eigenvalue weighted by Crippen LogP contribution is -2.25. The van der Waals surface area contributed by atoms with Gasteiger partial charge < -0.3 is 0 Å². The first-order chi connectivity index (χ1) is 12.2. The van der Waals surface area contributed by atoms with Crippen molar-refractivity contribution in [2.75, 3.05) is 0 Å². The van der Waals surface area contributed by atoms with Crippen LogP contribution >= 0.6 is 45.2 Å². The van der Waals surface area contributed by atoms with E-state index in [1.54, 1.807) is 5.56 Å². The molecule has 2 aliphatic rings. The SMILES string of the molecule is CC=CCC1CCC(C2CCC(c3ccc(C(I)I)cc3)CC2)CC1. The third kappa shape index (κ3) is 5.70. The number of halogens is 2. The number of hydrogen-bond donors (Lipinski definition) is 0. The molecule has 25 heavy (non-hydrogen) atoms. The monoisotopic (exact) mass is 562 g/mol. The molecule has 0 N–H and O–H groups in total. The smallest absolute Gasteiger partial charge is 0.0874 e. The van der Waals surface area contributed by atoms with Gasteiger partial charge >= 0.3 is 0 Å². The van der Waals surface area contributed by atoms with Crippen LogP contribution in [-0.2, 0) is 0 Å². The Morgan fingerprint density at radius 3 is 1.96 bits per heavy atom. The van der Waals surface area contributed by atoms with Crippen LogP contribution in [0.1, 0.15) is 83.7 Å². The average molecular weight is 562 g/mol. The number of alkyl halides is 2. The lowest BCUT2D eigenvalue weighted by molar-refractivity contribution is 0.160. The summed E-state index contributed by atoms with van der Waals surface area (Å²) in [5.41, 5.74) is 3.04. The van der Waals surface area contributed by atoms with E-state index in [1.165, 1.54) is 63.4 Å². The molecule has 0 saturated heterocycles. The summed E-state index contributed by atoms with van der Waals surface area (Å²) in [5.74, 6) is 3.84.